The molecule has 0 saturated carbocycles. The number of alkyl halides is 3. The van der Waals surface area contributed by atoms with E-state index < -0.39 is 23.4 Å². The van der Waals surface area contributed by atoms with Crippen LogP contribution in [0.2, 0.25) is 0 Å². The van der Waals surface area contributed by atoms with Crippen molar-refractivity contribution in [3.8, 4) is 16.9 Å². The highest BCUT2D eigenvalue weighted by Gasteiger charge is 2.32. The molecule has 1 aliphatic heterocycles. The lowest BCUT2D eigenvalue weighted by Crippen LogP contribution is -2.27. The zero-order chi connectivity index (χ0) is 32.3. The van der Waals surface area contributed by atoms with Crippen molar-refractivity contribution in [1.82, 2.24) is 9.55 Å². The number of ether oxygens (including phenoxy) is 2. The molecule has 0 radical (unpaired) electrons. The third-order valence-corrected chi connectivity index (χ3v) is 8.08. The van der Waals surface area contributed by atoms with E-state index in [1.54, 1.807) is 18.3 Å². The molecule has 1 atom stereocenters. The van der Waals surface area contributed by atoms with E-state index in [-0.39, 0.29) is 17.9 Å². The summed E-state index contributed by atoms with van der Waals surface area (Å²) in [5, 5.41) is 1.53. The molecule has 9 heteroatoms. The highest BCUT2D eigenvalue weighted by Crippen LogP contribution is 2.45. The Labute approximate surface area is 258 Å². The van der Waals surface area contributed by atoms with Gasteiger partial charge in [0, 0.05) is 35.0 Å². The first-order valence-corrected chi connectivity index (χ1v) is 14.8. The normalized spacial score (nSPS) is 14.0. The van der Waals surface area contributed by atoms with Gasteiger partial charge in [-0.15, -0.1) is 0 Å². The van der Waals surface area contributed by atoms with Gasteiger partial charge in [-0.1, -0.05) is 12.1 Å². The van der Waals surface area contributed by atoms with Crippen molar-refractivity contribution >= 4 is 27.6 Å². The van der Waals surface area contributed by atoms with E-state index in [9.17, 15) is 22.8 Å². The van der Waals surface area contributed by atoms with Gasteiger partial charge in [-0.05, 0) is 105 Å². The molecule has 1 aliphatic rings. The van der Waals surface area contributed by atoms with E-state index in [0.29, 0.717) is 45.3 Å². The average Bonchev–Trinajstić information content (AvgIpc) is 2.97. The molecule has 5 aromatic rings. The smallest absolute Gasteiger partial charge is 0.416 e. The molecule has 3 heterocycles. The number of aromatic nitrogens is 2. The van der Waals surface area contributed by atoms with Crippen LogP contribution in [0.25, 0.3) is 32.9 Å². The van der Waals surface area contributed by atoms with Crippen LogP contribution in [0, 0.1) is 6.92 Å². The SMILES string of the molecule is CC(=O)[C@@H](OC(C)(C)C)c1c(C)cc2c(ccc(=O)n2Cc2cccc(C(F)(F)F)c2)c1-c1ccc2c3c(ccnc13)CCO2. The molecular weight excluding hydrogens is 581 g/mol. The third-order valence-electron chi connectivity index (χ3n) is 8.08. The van der Waals surface area contributed by atoms with E-state index >= 15 is 0 Å². The van der Waals surface area contributed by atoms with Gasteiger partial charge in [0.2, 0.25) is 0 Å². The maximum atomic E-state index is 13.5. The van der Waals surface area contributed by atoms with Gasteiger partial charge in [0.15, 0.2) is 5.78 Å². The molecule has 0 N–H and O–H groups in total. The molecule has 0 saturated heterocycles. The Kier molecular flexibility index (Phi) is 7.56. The number of pyridine rings is 2. The number of fused-ring (bicyclic) bond motifs is 1. The minimum atomic E-state index is -4.52. The summed E-state index contributed by atoms with van der Waals surface area (Å²) in [4.78, 5) is 31.4. The molecule has 0 bridgehead atoms. The number of hydrogen-bond acceptors (Lipinski definition) is 5. The monoisotopic (exact) mass is 614 g/mol. The molecular formula is C36H33F3N2O4. The van der Waals surface area contributed by atoms with Crippen molar-refractivity contribution in [3.63, 3.8) is 0 Å². The largest absolute Gasteiger partial charge is 0.493 e. The Bertz CT molecular complexity index is 2030. The summed E-state index contributed by atoms with van der Waals surface area (Å²) in [5.41, 5.74) is 3.57. The maximum Gasteiger partial charge on any atom is 0.416 e. The van der Waals surface area contributed by atoms with Crippen LogP contribution in [0.1, 0.15) is 61.6 Å². The fourth-order valence-corrected chi connectivity index (χ4v) is 6.21. The van der Waals surface area contributed by atoms with Crippen LogP contribution >= 0.6 is 0 Å². The van der Waals surface area contributed by atoms with Crippen molar-refractivity contribution in [2.24, 2.45) is 0 Å². The van der Waals surface area contributed by atoms with Gasteiger partial charge in [-0.25, -0.2) is 0 Å². The molecule has 0 aliphatic carbocycles. The van der Waals surface area contributed by atoms with Crippen molar-refractivity contribution < 1.29 is 27.4 Å². The van der Waals surface area contributed by atoms with E-state index in [1.807, 2.05) is 52.0 Å². The standard InChI is InChI=1S/C36H33F3N2O4/c1-20-17-27-25(10-12-29(43)41(27)19-22-7-6-8-24(18-22)36(37,38)39)32(30(20)34(21(2)42)45-35(3,4)5)26-9-11-28-31-23(14-16-44-28)13-15-40-33(26)31/h6-13,15,17-18,34H,14,16,19H2,1-5H3/t34-/m1/s1. The highest BCUT2D eigenvalue weighted by atomic mass is 19.4. The summed E-state index contributed by atoms with van der Waals surface area (Å²) < 4.78 is 54.4. The molecule has 0 unspecified atom stereocenters. The second-order valence-electron chi connectivity index (χ2n) is 12.5. The minimum absolute atomic E-state index is 0.0805. The summed E-state index contributed by atoms with van der Waals surface area (Å²) in [5.74, 6) is 0.530. The molecule has 0 amide bonds. The first-order chi connectivity index (χ1) is 21.2. The zero-order valence-electron chi connectivity index (χ0n) is 25.7. The van der Waals surface area contributed by atoms with Crippen LogP contribution in [0.15, 0.2) is 71.7 Å². The first kappa shape index (κ1) is 30.5. The summed E-state index contributed by atoms with van der Waals surface area (Å²) >= 11 is 0. The van der Waals surface area contributed by atoms with Gasteiger partial charge in [-0.2, -0.15) is 13.2 Å². The molecule has 0 fully saturated rings. The summed E-state index contributed by atoms with van der Waals surface area (Å²) in [6.07, 6.45) is -2.98. The predicted octanol–water partition coefficient (Wildman–Crippen LogP) is 7.97. The van der Waals surface area contributed by atoms with Gasteiger partial charge < -0.3 is 14.0 Å². The van der Waals surface area contributed by atoms with Crippen LogP contribution in [-0.2, 0) is 28.7 Å². The maximum absolute atomic E-state index is 13.5. The summed E-state index contributed by atoms with van der Waals surface area (Å²) in [6.45, 7) is 9.46. The molecule has 6 nitrogen and oxygen atoms in total. The van der Waals surface area contributed by atoms with Crippen molar-refractivity contribution in [2.45, 2.75) is 65.5 Å². The number of nitrogens with zero attached hydrogens (tertiary/aromatic N) is 2. The van der Waals surface area contributed by atoms with E-state index in [4.69, 9.17) is 14.5 Å². The lowest BCUT2D eigenvalue weighted by molar-refractivity contribution is -0.139. The van der Waals surface area contributed by atoms with Crippen LogP contribution in [0.3, 0.4) is 0 Å². The number of rotatable bonds is 6. The van der Waals surface area contributed by atoms with Gasteiger partial charge in [0.25, 0.3) is 5.56 Å². The Hall–Kier alpha value is -4.50. The quantitative estimate of drug-likeness (QED) is 0.194. The van der Waals surface area contributed by atoms with Crippen molar-refractivity contribution in [3.05, 3.63) is 105 Å². The summed E-state index contributed by atoms with van der Waals surface area (Å²) in [6, 6.07) is 15.7. The minimum Gasteiger partial charge on any atom is -0.493 e. The zero-order valence-corrected chi connectivity index (χ0v) is 25.7. The van der Waals surface area contributed by atoms with E-state index in [1.165, 1.54) is 23.6 Å². The number of hydrogen-bond donors (Lipinski definition) is 0. The lowest BCUT2D eigenvalue weighted by Gasteiger charge is -2.30. The van der Waals surface area contributed by atoms with Gasteiger partial charge >= 0.3 is 6.18 Å². The van der Waals surface area contributed by atoms with Gasteiger partial charge in [-0.3, -0.25) is 14.6 Å². The number of benzene rings is 3. The van der Waals surface area contributed by atoms with Crippen LogP contribution < -0.4 is 10.3 Å². The molecule has 2 aromatic heterocycles. The van der Waals surface area contributed by atoms with Crippen LogP contribution in [0.5, 0.6) is 5.75 Å². The molecule has 232 valence electrons. The Morgan fingerprint density at radius 3 is 2.56 bits per heavy atom. The Morgan fingerprint density at radius 1 is 1.07 bits per heavy atom. The topological polar surface area (TPSA) is 70.4 Å². The Balaban J connectivity index is 1.69. The van der Waals surface area contributed by atoms with Crippen molar-refractivity contribution in [1.29, 1.82) is 0 Å². The van der Waals surface area contributed by atoms with Crippen molar-refractivity contribution in [2.75, 3.05) is 6.61 Å². The number of ketones is 1. The number of carbonyl (C=O) groups is 1. The second-order valence-corrected chi connectivity index (χ2v) is 12.5. The third kappa shape index (κ3) is 5.73. The fraction of sp³-hybridized carbons (Fsp3) is 0.306. The van der Waals surface area contributed by atoms with Crippen LogP contribution in [-0.4, -0.2) is 27.5 Å². The first-order valence-electron chi connectivity index (χ1n) is 14.8. The van der Waals surface area contributed by atoms with Crippen LogP contribution in [0.4, 0.5) is 13.2 Å². The second kappa shape index (κ2) is 11.1. The van der Waals surface area contributed by atoms with E-state index in [2.05, 4.69) is 0 Å². The number of halogens is 3. The molecule has 3 aromatic carbocycles. The molecule has 45 heavy (non-hydrogen) atoms. The average molecular weight is 615 g/mol. The Morgan fingerprint density at radius 2 is 1.84 bits per heavy atom. The molecule has 0 spiro atoms. The lowest BCUT2D eigenvalue weighted by atomic mass is 9.85. The molecule has 6 rings (SSSR count). The summed E-state index contributed by atoms with van der Waals surface area (Å²) in [7, 11) is 0. The van der Waals surface area contributed by atoms with Gasteiger partial charge in [0.1, 0.15) is 11.9 Å². The van der Waals surface area contributed by atoms with Gasteiger partial charge in [0.05, 0.1) is 35.3 Å². The fourth-order valence-electron chi connectivity index (χ4n) is 6.21. The number of aryl methyl sites for hydroxylation is 1. The number of carbonyl (C=O) groups excluding carboxylic acids is 1. The predicted molar refractivity (Wildman–Crippen MR) is 168 cm³/mol. The number of Topliss-reactive ketones (excluding diaryl/α,β-unsaturated/α-hetero) is 1. The highest BCUT2D eigenvalue weighted by molar-refractivity contribution is 6.08. The van der Waals surface area contributed by atoms with E-state index in [0.717, 1.165) is 40.8 Å².